The molecule has 152 valence electrons. The van der Waals surface area contributed by atoms with Gasteiger partial charge in [0, 0.05) is 10.0 Å². The van der Waals surface area contributed by atoms with E-state index in [2.05, 4.69) is 26.5 Å². The molecule has 0 radical (unpaired) electrons. The van der Waals surface area contributed by atoms with Crippen molar-refractivity contribution in [2.45, 2.75) is 13.0 Å². The minimum absolute atomic E-state index is 0.285. The number of hydrogen-bond donors (Lipinski definition) is 2. The minimum atomic E-state index is -1.34. The molecule has 3 rings (SSSR count). The highest BCUT2D eigenvalue weighted by atomic mass is 79.9. The first-order valence-electron chi connectivity index (χ1n) is 9.09. The van der Waals surface area contributed by atoms with Crippen LogP contribution >= 0.6 is 15.9 Å². The Morgan fingerprint density at radius 3 is 2.50 bits per heavy atom. The van der Waals surface area contributed by atoms with Crippen molar-refractivity contribution in [1.29, 1.82) is 0 Å². The molecule has 3 aromatic carbocycles. The van der Waals surface area contributed by atoms with Gasteiger partial charge < -0.3 is 9.84 Å². The second kappa shape index (κ2) is 9.96. The number of esters is 1. The summed E-state index contributed by atoms with van der Waals surface area (Å²) < 4.78 is 6.27. The third-order valence-corrected chi connectivity index (χ3v) is 4.77. The molecule has 0 fully saturated rings. The van der Waals surface area contributed by atoms with Gasteiger partial charge in [0.1, 0.15) is 5.75 Å². The lowest BCUT2D eigenvalue weighted by Crippen LogP contribution is -2.25. The molecule has 0 saturated carbocycles. The van der Waals surface area contributed by atoms with Gasteiger partial charge in [-0.3, -0.25) is 4.79 Å². The van der Waals surface area contributed by atoms with Gasteiger partial charge in [-0.15, -0.1) is 0 Å². The number of ether oxygens (including phenoxy) is 1. The lowest BCUT2D eigenvalue weighted by Gasteiger charge is -2.10. The van der Waals surface area contributed by atoms with Crippen LogP contribution in [0.3, 0.4) is 0 Å². The van der Waals surface area contributed by atoms with E-state index in [1.54, 1.807) is 60.7 Å². The standard InChI is InChI=1S/C23H19BrN2O4/c1-15-7-5-6-10-19(15)23(29)30-20-12-11-18(24)13-17(20)14-25-26-22(28)21(27)16-8-3-2-4-9-16/h2-14,21,27H,1H3,(H,26,28)/b25-14-/t21-/m0/s1. The number of aliphatic hydroxyl groups is 1. The van der Waals surface area contributed by atoms with Gasteiger partial charge in [0.05, 0.1) is 11.8 Å². The number of hydrogen-bond acceptors (Lipinski definition) is 5. The van der Waals surface area contributed by atoms with Crippen LogP contribution in [-0.2, 0) is 4.79 Å². The van der Waals surface area contributed by atoms with Crippen LogP contribution in [-0.4, -0.2) is 23.2 Å². The predicted molar refractivity (Wildman–Crippen MR) is 117 cm³/mol. The smallest absolute Gasteiger partial charge is 0.343 e. The number of rotatable bonds is 6. The van der Waals surface area contributed by atoms with Gasteiger partial charge in [-0.1, -0.05) is 64.5 Å². The number of aliphatic hydroxyl groups excluding tert-OH is 1. The Bertz CT molecular complexity index is 1080. The fourth-order valence-electron chi connectivity index (χ4n) is 2.68. The first kappa shape index (κ1) is 21.4. The number of nitrogens with one attached hydrogen (secondary N) is 1. The third kappa shape index (κ3) is 5.40. The molecule has 0 aliphatic carbocycles. The van der Waals surface area contributed by atoms with Crippen LogP contribution in [0, 0.1) is 6.92 Å². The maximum Gasteiger partial charge on any atom is 0.343 e. The second-order valence-electron chi connectivity index (χ2n) is 6.43. The van der Waals surface area contributed by atoms with Crippen LogP contribution in [0.15, 0.2) is 82.4 Å². The number of hydrazone groups is 1. The fourth-order valence-corrected chi connectivity index (χ4v) is 3.06. The molecule has 0 spiro atoms. The van der Waals surface area contributed by atoms with E-state index in [1.165, 1.54) is 6.21 Å². The van der Waals surface area contributed by atoms with Crippen molar-refractivity contribution in [3.8, 4) is 5.75 Å². The van der Waals surface area contributed by atoms with Crippen molar-refractivity contribution in [3.05, 3.63) is 99.5 Å². The minimum Gasteiger partial charge on any atom is -0.422 e. The van der Waals surface area contributed by atoms with E-state index in [0.29, 0.717) is 16.7 Å². The Kier molecular flexibility index (Phi) is 7.11. The largest absolute Gasteiger partial charge is 0.422 e. The normalized spacial score (nSPS) is 11.8. The molecule has 2 N–H and O–H groups in total. The number of carbonyl (C=O) groups excluding carboxylic acids is 2. The van der Waals surface area contributed by atoms with Crippen molar-refractivity contribution in [2.75, 3.05) is 0 Å². The van der Waals surface area contributed by atoms with E-state index in [1.807, 2.05) is 19.1 Å². The van der Waals surface area contributed by atoms with Gasteiger partial charge in [0.15, 0.2) is 6.10 Å². The zero-order valence-corrected chi connectivity index (χ0v) is 17.7. The van der Waals surface area contributed by atoms with Crippen LogP contribution in [0.2, 0.25) is 0 Å². The predicted octanol–water partition coefficient (Wildman–Crippen LogP) is 4.16. The molecule has 0 bridgehead atoms. The van der Waals surface area contributed by atoms with Gasteiger partial charge >= 0.3 is 5.97 Å². The molecule has 1 amide bonds. The van der Waals surface area contributed by atoms with E-state index < -0.39 is 18.0 Å². The van der Waals surface area contributed by atoms with Crippen molar-refractivity contribution in [1.82, 2.24) is 5.43 Å². The van der Waals surface area contributed by atoms with E-state index in [9.17, 15) is 14.7 Å². The SMILES string of the molecule is Cc1ccccc1C(=O)Oc1ccc(Br)cc1/C=N\NC(=O)[C@@H](O)c1ccccc1. The van der Waals surface area contributed by atoms with Crippen molar-refractivity contribution < 1.29 is 19.4 Å². The van der Waals surface area contributed by atoms with Crippen LogP contribution < -0.4 is 10.2 Å². The van der Waals surface area contributed by atoms with Gasteiger partial charge in [0.25, 0.3) is 5.91 Å². The third-order valence-electron chi connectivity index (χ3n) is 4.28. The van der Waals surface area contributed by atoms with Gasteiger partial charge in [0.2, 0.25) is 0 Å². The average Bonchev–Trinajstić information content (AvgIpc) is 2.75. The summed E-state index contributed by atoms with van der Waals surface area (Å²) in [4.78, 5) is 24.6. The lowest BCUT2D eigenvalue weighted by molar-refractivity contribution is -0.129. The maximum atomic E-state index is 12.5. The zero-order valence-electron chi connectivity index (χ0n) is 16.1. The molecular weight excluding hydrogens is 448 g/mol. The molecule has 1 atom stereocenters. The molecule has 0 aliphatic heterocycles. The quantitative estimate of drug-likeness (QED) is 0.247. The molecule has 0 aliphatic rings. The number of halogens is 1. The number of amides is 1. The number of nitrogens with zero attached hydrogens (tertiary/aromatic N) is 1. The van der Waals surface area contributed by atoms with E-state index in [4.69, 9.17) is 4.74 Å². The van der Waals surface area contributed by atoms with E-state index >= 15 is 0 Å². The Balaban J connectivity index is 1.73. The second-order valence-corrected chi connectivity index (χ2v) is 7.35. The summed E-state index contributed by atoms with van der Waals surface area (Å²) in [6.45, 7) is 1.83. The highest BCUT2D eigenvalue weighted by Gasteiger charge is 2.16. The molecule has 0 aromatic heterocycles. The Hall–Kier alpha value is -3.29. The first-order valence-corrected chi connectivity index (χ1v) is 9.88. The van der Waals surface area contributed by atoms with Crippen LogP contribution in [0.5, 0.6) is 5.75 Å². The molecule has 0 unspecified atom stereocenters. The molecule has 6 nitrogen and oxygen atoms in total. The van der Waals surface area contributed by atoms with Gasteiger partial charge in [-0.25, -0.2) is 10.2 Å². The monoisotopic (exact) mass is 466 g/mol. The highest BCUT2D eigenvalue weighted by molar-refractivity contribution is 9.10. The van der Waals surface area contributed by atoms with Gasteiger partial charge in [-0.2, -0.15) is 5.10 Å². The molecule has 0 saturated heterocycles. The van der Waals surface area contributed by atoms with Crippen LogP contribution in [0.1, 0.15) is 33.2 Å². The molecule has 30 heavy (non-hydrogen) atoms. The summed E-state index contributed by atoms with van der Waals surface area (Å²) in [5.41, 5.74) is 4.49. The topological polar surface area (TPSA) is 88.0 Å². The summed E-state index contributed by atoms with van der Waals surface area (Å²) in [6, 6.07) is 20.7. The van der Waals surface area contributed by atoms with Crippen LogP contribution in [0.4, 0.5) is 0 Å². The van der Waals surface area contributed by atoms with Crippen molar-refractivity contribution >= 4 is 34.0 Å². The lowest BCUT2D eigenvalue weighted by atomic mass is 10.1. The summed E-state index contributed by atoms with van der Waals surface area (Å²) in [7, 11) is 0. The molecule has 0 heterocycles. The number of aryl methyl sites for hydroxylation is 1. The maximum absolute atomic E-state index is 12.5. The highest BCUT2D eigenvalue weighted by Crippen LogP contribution is 2.23. The molecular formula is C23H19BrN2O4. The Labute approximate surface area is 182 Å². The summed E-state index contributed by atoms with van der Waals surface area (Å²) in [5, 5.41) is 14.0. The van der Waals surface area contributed by atoms with Crippen molar-refractivity contribution in [2.24, 2.45) is 5.10 Å². The Morgan fingerprint density at radius 2 is 1.77 bits per heavy atom. The Morgan fingerprint density at radius 1 is 1.07 bits per heavy atom. The van der Waals surface area contributed by atoms with Gasteiger partial charge in [-0.05, 0) is 42.3 Å². The van der Waals surface area contributed by atoms with Crippen molar-refractivity contribution in [3.63, 3.8) is 0 Å². The number of benzene rings is 3. The fraction of sp³-hybridized carbons (Fsp3) is 0.0870. The summed E-state index contributed by atoms with van der Waals surface area (Å²) >= 11 is 3.36. The number of carbonyl (C=O) groups is 2. The molecule has 7 heteroatoms. The van der Waals surface area contributed by atoms with E-state index in [0.717, 1.165) is 10.0 Å². The average molecular weight is 467 g/mol. The summed E-state index contributed by atoms with van der Waals surface area (Å²) in [5.74, 6) is -0.882. The van der Waals surface area contributed by atoms with Crippen LogP contribution in [0.25, 0.3) is 0 Å². The molecule has 3 aromatic rings. The first-order chi connectivity index (χ1) is 14.5. The van der Waals surface area contributed by atoms with E-state index in [-0.39, 0.29) is 5.75 Å². The zero-order chi connectivity index (χ0) is 21.5. The summed E-state index contributed by atoms with van der Waals surface area (Å²) in [6.07, 6.45) is 0.00473.